The van der Waals surface area contributed by atoms with E-state index in [1.54, 1.807) is 18.2 Å². The van der Waals surface area contributed by atoms with Crippen molar-refractivity contribution in [3.05, 3.63) is 68.8 Å². The Morgan fingerprint density at radius 2 is 1.58 bits per heavy atom. The Labute approximate surface area is 192 Å². The molecule has 0 N–H and O–H groups in total. The first kappa shape index (κ1) is 21.9. The summed E-state index contributed by atoms with van der Waals surface area (Å²) < 4.78 is 0. The van der Waals surface area contributed by atoms with Gasteiger partial charge in [-0.05, 0) is 55.8 Å². The third-order valence-electron chi connectivity index (χ3n) is 6.14. The average molecular weight is 458 g/mol. The second-order valence-electron chi connectivity index (χ2n) is 7.98. The van der Waals surface area contributed by atoms with E-state index in [-0.39, 0.29) is 11.8 Å². The van der Waals surface area contributed by atoms with Crippen molar-refractivity contribution in [1.82, 2.24) is 9.80 Å². The van der Waals surface area contributed by atoms with Crippen LogP contribution >= 0.6 is 23.2 Å². The summed E-state index contributed by atoms with van der Waals surface area (Å²) in [6, 6.07) is 10.6. The van der Waals surface area contributed by atoms with E-state index in [9.17, 15) is 9.59 Å². The molecule has 0 unspecified atom stereocenters. The van der Waals surface area contributed by atoms with Gasteiger partial charge in [-0.3, -0.25) is 9.59 Å². The fourth-order valence-corrected chi connectivity index (χ4v) is 4.64. The predicted octanol–water partition coefficient (Wildman–Crippen LogP) is 4.53. The number of hydrogen-bond donors (Lipinski definition) is 0. The van der Waals surface area contributed by atoms with Gasteiger partial charge in [0, 0.05) is 36.8 Å². The molecule has 0 aromatic heterocycles. The summed E-state index contributed by atoms with van der Waals surface area (Å²) >= 11 is 12.6. The molecule has 0 radical (unpaired) electrons. The smallest absolute Gasteiger partial charge is 0.282 e. The topological polar surface area (TPSA) is 43.9 Å². The van der Waals surface area contributed by atoms with Gasteiger partial charge >= 0.3 is 0 Å². The number of hydrogen-bond acceptors (Lipinski definition) is 4. The molecule has 2 aliphatic rings. The molecule has 2 aromatic carbocycles. The molecule has 2 heterocycles. The van der Waals surface area contributed by atoms with Crippen LogP contribution in [0.1, 0.15) is 23.6 Å². The van der Waals surface area contributed by atoms with Gasteiger partial charge in [-0.25, -0.2) is 4.90 Å². The van der Waals surface area contributed by atoms with Crippen LogP contribution in [0.15, 0.2) is 42.1 Å². The van der Waals surface area contributed by atoms with Gasteiger partial charge in [-0.1, -0.05) is 42.3 Å². The number of halogens is 2. The van der Waals surface area contributed by atoms with E-state index >= 15 is 0 Å². The van der Waals surface area contributed by atoms with Crippen molar-refractivity contribution in [2.24, 2.45) is 0 Å². The fraction of sp³-hybridized carbons (Fsp3) is 0.333. The van der Waals surface area contributed by atoms with Crippen LogP contribution in [0.5, 0.6) is 0 Å². The third-order valence-corrected chi connectivity index (χ3v) is 6.69. The minimum Gasteiger partial charge on any atom is -0.364 e. The molecule has 0 bridgehead atoms. The normalized spacial score (nSPS) is 17.8. The molecule has 2 amide bonds. The molecule has 1 saturated heterocycles. The quantitative estimate of drug-likeness (QED) is 0.632. The third kappa shape index (κ3) is 3.98. The van der Waals surface area contributed by atoms with Crippen LogP contribution < -0.4 is 4.90 Å². The number of carbonyl (C=O) groups is 2. The number of piperazine rings is 1. The number of anilines is 1. The second-order valence-corrected chi connectivity index (χ2v) is 8.83. The molecule has 162 valence electrons. The van der Waals surface area contributed by atoms with Gasteiger partial charge in [0.25, 0.3) is 11.8 Å². The van der Waals surface area contributed by atoms with Crippen molar-refractivity contribution >= 4 is 46.3 Å². The standard InChI is InChI=1S/C24H25Cl2N3O2/c1-4-27-9-11-28(12-10-27)22-21(19-8-6-17(25)14-20(19)26)23(30)29(24(22)31)18-7-5-15(2)16(3)13-18/h5-8,13-14H,4,9-12H2,1-3H3. The molecular weight excluding hydrogens is 433 g/mol. The molecule has 5 nitrogen and oxygen atoms in total. The molecule has 0 saturated carbocycles. The molecule has 2 aliphatic heterocycles. The molecule has 4 rings (SSSR count). The Balaban J connectivity index is 1.82. The highest BCUT2D eigenvalue weighted by Gasteiger charge is 2.43. The number of aryl methyl sites for hydroxylation is 2. The Hall–Kier alpha value is -2.34. The first-order chi connectivity index (χ1) is 14.8. The molecule has 2 aromatic rings. The van der Waals surface area contributed by atoms with Crippen molar-refractivity contribution in [1.29, 1.82) is 0 Å². The summed E-state index contributed by atoms with van der Waals surface area (Å²) in [6.07, 6.45) is 0. The number of nitrogens with zero attached hydrogens (tertiary/aromatic N) is 3. The van der Waals surface area contributed by atoms with Crippen molar-refractivity contribution < 1.29 is 9.59 Å². The zero-order valence-electron chi connectivity index (χ0n) is 17.9. The fourth-order valence-electron chi connectivity index (χ4n) is 4.13. The zero-order valence-corrected chi connectivity index (χ0v) is 19.4. The number of imide groups is 1. The molecule has 1 fully saturated rings. The summed E-state index contributed by atoms with van der Waals surface area (Å²) in [5.74, 6) is -0.662. The number of likely N-dealkylation sites (N-methyl/N-ethyl adjacent to an activating group) is 1. The summed E-state index contributed by atoms with van der Waals surface area (Å²) in [6.45, 7) is 10.1. The van der Waals surface area contributed by atoms with Crippen LogP contribution in [-0.2, 0) is 9.59 Å². The van der Waals surface area contributed by atoms with Crippen molar-refractivity contribution in [3.8, 4) is 0 Å². The van der Waals surface area contributed by atoms with Crippen molar-refractivity contribution in [2.45, 2.75) is 20.8 Å². The summed E-state index contributed by atoms with van der Waals surface area (Å²) in [7, 11) is 0. The van der Waals surface area contributed by atoms with Crippen LogP contribution in [0, 0.1) is 13.8 Å². The van der Waals surface area contributed by atoms with E-state index in [0.29, 0.717) is 45.7 Å². The van der Waals surface area contributed by atoms with Gasteiger partial charge in [-0.2, -0.15) is 0 Å². The lowest BCUT2D eigenvalue weighted by atomic mass is 10.0. The molecule has 0 atom stereocenters. The van der Waals surface area contributed by atoms with Gasteiger partial charge in [0.2, 0.25) is 0 Å². The molecule has 7 heteroatoms. The highest BCUT2D eigenvalue weighted by Crippen LogP contribution is 2.38. The minimum absolute atomic E-state index is 0.306. The van der Waals surface area contributed by atoms with E-state index < -0.39 is 0 Å². The number of amides is 2. The first-order valence-corrected chi connectivity index (χ1v) is 11.2. The van der Waals surface area contributed by atoms with Crippen molar-refractivity contribution in [3.63, 3.8) is 0 Å². The van der Waals surface area contributed by atoms with Gasteiger partial charge in [-0.15, -0.1) is 0 Å². The summed E-state index contributed by atoms with van der Waals surface area (Å²) in [4.78, 5) is 32.9. The zero-order chi connectivity index (χ0) is 22.3. The predicted molar refractivity (Wildman–Crippen MR) is 125 cm³/mol. The highest BCUT2D eigenvalue weighted by atomic mass is 35.5. The van der Waals surface area contributed by atoms with E-state index in [4.69, 9.17) is 23.2 Å². The summed E-state index contributed by atoms with van der Waals surface area (Å²) in [5.41, 5.74) is 3.99. The number of benzene rings is 2. The maximum atomic E-state index is 13.6. The monoisotopic (exact) mass is 457 g/mol. The van der Waals surface area contributed by atoms with E-state index in [1.165, 1.54) is 4.90 Å². The lowest BCUT2D eigenvalue weighted by Crippen LogP contribution is -2.47. The van der Waals surface area contributed by atoms with E-state index in [1.807, 2.05) is 36.9 Å². The highest BCUT2D eigenvalue weighted by molar-refractivity contribution is 6.47. The lowest BCUT2D eigenvalue weighted by molar-refractivity contribution is -0.120. The molecule has 0 aliphatic carbocycles. The van der Waals surface area contributed by atoms with Crippen LogP contribution in [0.3, 0.4) is 0 Å². The van der Waals surface area contributed by atoms with Gasteiger partial charge in [0.1, 0.15) is 5.70 Å². The largest absolute Gasteiger partial charge is 0.364 e. The Morgan fingerprint density at radius 1 is 0.871 bits per heavy atom. The Morgan fingerprint density at radius 3 is 2.19 bits per heavy atom. The van der Waals surface area contributed by atoms with Gasteiger partial charge in [0.05, 0.1) is 16.3 Å². The van der Waals surface area contributed by atoms with Crippen LogP contribution in [0.25, 0.3) is 5.57 Å². The molecular formula is C24H25Cl2N3O2. The van der Waals surface area contributed by atoms with Gasteiger partial charge in [0.15, 0.2) is 0 Å². The van der Waals surface area contributed by atoms with Crippen molar-refractivity contribution in [2.75, 3.05) is 37.6 Å². The molecule has 31 heavy (non-hydrogen) atoms. The van der Waals surface area contributed by atoms with E-state index in [0.717, 1.165) is 30.8 Å². The SMILES string of the molecule is CCN1CCN(C2=C(c3ccc(Cl)cc3Cl)C(=O)N(c3ccc(C)c(C)c3)C2=O)CC1. The molecule has 0 spiro atoms. The van der Waals surface area contributed by atoms with Crippen LogP contribution in [0.4, 0.5) is 5.69 Å². The van der Waals surface area contributed by atoms with Crippen LogP contribution in [0.2, 0.25) is 10.0 Å². The average Bonchev–Trinajstić information content (AvgIpc) is 3.00. The Bertz CT molecular complexity index is 1090. The second kappa shape index (κ2) is 8.65. The summed E-state index contributed by atoms with van der Waals surface area (Å²) in [5, 5.41) is 0.838. The maximum absolute atomic E-state index is 13.6. The van der Waals surface area contributed by atoms with E-state index in [2.05, 4.69) is 11.8 Å². The maximum Gasteiger partial charge on any atom is 0.282 e. The van der Waals surface area contributed by atoms with Crippen LogP contribution in [-0.4, -0.2) is 54.3 Å². The minimum atomic E-state index is -0.356. The number of carbonyl (C=O) groups excluding carboxylic acids is 2. The first-order valence-electron chi connectivity index (χ1n) is 10.4. The number of rotatable bonds is 4. The lowest BCUT2D eigenvalue weighted by Gasteiger charge is -2.36. The Kier molecular flexibility index (Phi) is 6.11. The van der Waals surface area contributed by atoms with Gasteiger partial charge < -0.3 is 9.80 Å².